The van der Waals surface area contributed by atoms with Crippen molar-refractivity contribution in [2.75, 3.05) is 26.0 Å². The third kappa shape index (κ3) is 6.89. The topological polar surface area (TPSA) is 23.5 Å². The minimum atomic E-state index is -0.377. The summed E-state index contributed by atoms with van der Waals surface area (Å²) >= 11 is 5.48. The van der Waals surface area contributed by atoms with Gasteiger partial charge in [-0.1, -0.05) is 19.8 Å². The average Bonchev–Trinajstić information content (AvgIpc) is 2.05. The number of nitrogens with zero attached hydrogens (tertiary/aromatic N) is 1. The van der Waals surface area contributed by atoms with Crippen LogP contribution in [0.3, 0.4) is 0 Å². The highest BCUT2D eigenvalue weighted by Crippen LogP contribution is 1.98. The number of hydrogen-bond donors (Lipinski definition) is 1. The van der Waals surface area contributed by atoms with Gasteiger partial charge in [-0.05, 0) is 20.0 Å². The molecule has 1 atom stereocenters. The number of alkyl halides is 1. The van der Waals surface area contributed by atoms with Gasteiger partial charge in [0.1, 0.15) is 0 Å². The first-order valence-electron chi connectivity index (χ1n) is 4.63. The molecule has 12 heavy (non-hydrogen) atoms. The monoisotopic (exact) mass is 193 g/mol. The Morgan fingerprint density at radius 3 is 2.58 bits per heavy atom. The lowest BCUT2D eigenvalue weighted by atomic mass is 10.2. The first-order valence-corrected chi connectivity index (χ1v) is 5.16. The highest BCUT2D eigenvalue weighted by molar-refractivity contribution is 6.18. The number of unbranched alkanes of at least 4 members (excludes halogenated alkanes) is 2. The van der Waals surface area contributed by atoms with Gasteiger partial charge in [0.25, 0.3) is 0 Å². The molecule has 0 aromatic carbocycles. The first-order chi connectivity index (χ1) is 5.70. The summed E-state index contributed by atoms with van der Waals surface area (Å²) in [5.41, 5.74) is 0. The van der Waals surface area contributed by atoms with Crippen LogP contribution in [0.5, 0.6) is 0 Å². The molecule has 0 aliphatic carbocycles. The average molecular weight is 194 g/mol. The Morgan fingerprint density at radius 2 is 2.08 bits per heavy atom. The molecule has 0 heterocycles. The summed E-state index contributed by atoms with van der Waals surface area (Å²) < 4.78 is 0. The van der Waals surface area contributed by atoms with E-state index >= 15 is 0 Å². The fourth-order valence-electron chi connectivity index (χ4n) is 1.13. The molecule has 0 amide bonds. The Balaban J connectivity index is 3.26. The van der Waals surface area contributed by atoms with Gasteiger partial charge < -0.3 is 10.0 Å². The molecule has 2 nitrogen and oxygen atoms in total. The van der Waals surface area contributed by atoms with Gasteiger partial charge in [0.15, 0.2) is 0 Å². The second kappa shape index (κ2) is 7.84. The van der Waals surface area contributed by atoms with E-state index in [-0.39, 0.29) is 6.10 Å². The number of rotatable bonds is 7. The van der Waals surface area contributed by atoms with E-state index in [0.717, 1.165) is 6.54 Å². The SMILES string of the molecule is CCCCCN(C)CC(O)CCl. The van der Waals surface area contributed by atoms with Gasteiger partial charge in [0, 0.05) is 12.4 Å². The molecule has 0 aliphatic rings. The summed E-state index contributed by atoms with van der Waals surface area (Å²) in [6, 6.07) is 0. The Bertz CT molecular complexity index is 101. The van der Waals surface area contributed by atoms with Crippen LogP contribution in [0, 0.1) is 0 Å². The zero-order valence-corrected chi connectivity index (χ0v) is 8.85. The van der Waals surface area contributed by atoms with Crippen molar-refractivity contribution in [2.24, 2.45) is 0 Å². The van der Waals surface area contributed by atoms with E-state index < -0.39 is 0 Å². The molecule has 0 spiro atoms. The lowest BCUT2D eigenvalue weighted by Gasteiger charge is -2.18. The van der Waals surface area contributed by atoms with Gasteiger partial charge in [-0.25, -0.2) is 0 Å². The minimum absolute atomic E-state index is 0.331. The van der Waals surface area contributed by atoms with E-state index in [2.05, 4.69) is 11.8 Å². The Morgan fingerprint density at radius 1 is 1.42 bits per heavy atom. The van der Waals surface area contributed by atoms with E-state index in [1.165, 1.54) is 19.3 Å². The van der Waals surface area contributed by atoms with Crippen LogP contribution in [0.4, 0.5) is 0 Å². The van der Waals surface area contributed by atoms with Gasteiger partial charge in [-0.3, -0.25) is 0 Å². The Kier molecular flexibility index (Phi) is 7.98. The van der Waals surface area contributed by atoms with Crippen molar-refractivity contribution < 1.29 is 5.11 Å². The molecule has 0 fully saturated rings. The van der Waals surface area contributed by atoms with Crippen LogP contribution in [0.1, 0.15) is 26.2 Å². The summed E-state index contributed by atoms with van der Waals surface area (Å²) in [5.74, 6) is 0.331. The van der Waals surface area contributed by atoms with Crippen molar-refractivity contribution in [1.82, 2.24) is 4.90 Å². The fourth-order valence-corrected chi connectivity index (χ4v) is 1.23. The molecule has 0 saturated heterocycles. The predicted octanol–water partition coefficient (Wildman–Crippen LogP) is 1.71. The maximum Gasteiger partial charge on any atom is 0.0802 e. The predicted molar refractivity (Wildman–Crippen MR) is 53.7 cm³/mol. The van der Waals surface area contributed by atoms with Gasteiger partial charge in [0.2, 0.25) is 0 Å². The van der Waals surface area contributed by atoms with E-state index in [9.17, 15) is 5.11 Å². The van der Waals surface area contributed by atoms with Crippen molar-refractivity contribution in [2.45, 2.75) is 32.3 Å². The Hall–Kier alpha value is 0.210. The Labute approximate surface area is 80.5 Å². The van der Waals surface area contributed by atoms with Crippen LogP contribution in [-0.2, 0) is 0 Å². The summed E-state index contributed by atoms with van der Waals surface area (Å²) in [5, 5.41) is 9.21. The molecule has 0 saturated carbocycles. The first kappa shape index (κ1) is 12.2. The van der Waals surface area contributed by atoms with Gasteiger partial charge in [-0.15, -0.1) is 11.6 Å². The van der Waals surface area contributed by atoms with Crippen molar-refractivity contribution >= 4 is 11.6 Å². The lowest BCUT2D eigenvalue weighted by Crippen LogP contribution is -2.30. The van der Waals surface area contributed by atoms with Crippen molar-refractivity contribution in [3.8, 4) is 0 Å². The van der Waals surface area contributed by atoms with E-state index in [1.54, 1.807) is 0 Å². The smallest absolute Gasteiger partial charge is 0.0802 e. The molecule has 0 radical (unpaired) electrons. The third-order valence-electron chi connectivity index (χ3n) is 1.84. The zero-order valence-electron chi connectivity index (χ0n) is 8.09. The largest absolute Gasteiger partial charge is 0.391 e. The van der Waals surface area contributed by atoms with E-state index in [0.29, 0.717) is 12.4 Å². The van der Waals surface area contributed by atoms with Crippen LogP contribution in [-0.4, -0.2) is 42.1 Å². The molecule has 1 unspecified atom stereocenters. The lowest BCUT2D eigenvalue weighted by molar-refractivity contribution is 0.143. The van der Waals surface area contributed by atoms with Crippen molar-refractivity contribution in [3.05, 3.63) is 0 Å². The third-order valence-corrected chi connectivity index (χ3v) is 2.20. The second-order valence-corrected chi connectivity index (χ2v) is 3.59. The maximum absolute atomic E-state index is 9.21. The van der Waals surface area contributed by atoms with E-state index in [1.807, 2.05) is 7.05 Å². The molecule has 0 rings (SSSR count). The van der Waals surface area contributed by atoms with Crippen LogP contribution in [0.15, 0.2) is 0 Å². The number of likely N-dealkylation sites (N-methyl/N-ethyl adjacent to an activating group) is 1. The second-order valence-electron chi connectivity index (χ2n) is 3.28. The minimum Gasteiger partial charge on any atom is -0.391 e. The molecule has 3 heteroatoms. The summed E-state index contributed by atoms with van der Waals surface area (Å²) in [7, 11) is 2.02. The molecule has 0 aromatic heterocycles. The molecular formula is C9H20ClNO. The number of halogens is 1. The van der Waals surface area contributed by atoms with Gasteiger partial charge in [-0.2, -0.15) is 0 Å². The van der Waals surface area contributed by atoms with Crippen LogP contribution < -0.4 is 0 Å². The molecule has 1 N–H and O–H groups in total. The summed E-state index contributed by atoms with van der Waals surface area (Å²) in [6.07, 6.45) is 3.34. The molecule has 74 valence electrons. The quantitative estimate of drug-likeness (QED) is 0.492. The molecule has 0 bridgehead atoms. The molecule has 0 aromatic rings. The maximum atomic E-state index is 9.21. The van der Waals surface area contributed by atoms with Crippen LogP contribution in [0.2, 0.25) is 0 Å². The van der Waals surface area contributed by atoms with Crippen molar-refractivity contribution in [1.29, 1.82) is 0 Å². The number of aliphatic hydroxyl groups excluding tert-OH is 1. The molecular weight excluding hydrogens is 174 g/mol. The zero-order chi connectivity index (χ0) is 9.40. The van der Waals surface area contributed by atoms with E-state index in [4.69, 9.17) is 11.6 Å². The number of aliphatic hydroxyl groups is 1. The van der Waals surface area contributed by atoms with Gasteiger partial charge in [0.05, 0.1) is 6.10 Å². The number of hydrogen-bond acceptors (Lipinski definition) is 2. The normalized spacial score (nSPS) is 13.8. The fraction of sp³-hybridized carbons (Fsp3) is 1.00. The van der Waals surface area contributed by atoms with Crippen LogP contribution in [0.25, 0.3) is 0 Å². The highest BCUT2D eigenvalue weighted by atomic mass is 35.5. The molecule has 0 aliphatic heterocycles. The van der Waals surface area contributed by atoms with Crippen molar-refractivity contribution in [3.63, 3.8) is 0 Å². The van der Waals surface area contributed by atoms with Gasteiger partial charge >= 0.3 is 0 Å². The standard InChI is InChI=1S/C9H20ClNO/c1-3-4-5-6-11(2)8-9(12)7-10/h9,12H,3-8H2,1-2H3. The summed E-state index contributed by atoms with van der Waals surface area (Å²) in [6.45, 7) is 3.93. The van der Waals surface area contributed by atoms with Crippen LogP contribution >= 0.6 is 11.6 Å². The summed E-state index contributed by atoms with van der Waals surface area (Å²) in [4.78, 5) is 2.13. The highest BCUT2D eigenvalue weighted by Gasteiger charge is 2.05.